The van der Waals surface area contributed by atoms with Gasteiger partial charge < -0.3 is 10.5 Å². The number of anilines is 1. The van der Waals surface area contributed by atoms with Crippen molar-refractivity contribution in [3.05, 3.63) is 10.6 Å². The molecule has 2 saturated carbocycles. The van der Waals surface area contributed by atoms with Gasteiger partial charge in [0.25, 0.3) is 0 Å². The van der Waals surface area contributed by atoms with Crippen LogP contribution in [0.2, 0.25) is 0 Å². The molecule has 0 spiro atoms. The van der Waals surface area contributed by atoms with Gasteiger partial charge in [-0.25, -0.2) is 4.98 Å². The normalized spacial score (nSPS) is 34.3. The van der Waals surface area contributed by atoms with Crippen LogP contribution in [0.15, 0.2) is 5.16 Å². The number of hydrogen-bond acceptors (Lipinski definition) is 5. The van der Waals surface area contributed by atoms with E-state index in [2.05, 4.69) is 36.2 Å². The van der Waals surface area contributed by atoms with Gasteiger partial charge in [-0.05, 0) is 32.1 Å². The van der Waals surface area contributed by atoms with Crippen molar-refractivity contribution in [3.63, 3.8) is 0 Å². The van der Waals surface area contributed by atoms with Gasteiger partial charge in [0.15, 0.2) is 5.13 Å². The molecule has 0 aliphatic heterocycles. The van der Waals surface area contributed by atoms with Crippen LogP contribution in [-0.4, -0.2) is 21.8 Å². The van der Waals surface area contributed by atoms with E-state index in [-0.39, 0.29) is 16.7 Å². The molecule has 2 bridgehead atoms. The van der Waals surface area contributed by atoms with Crippen molar-refractivity contribution in [1.82, 2.24) is 4.98 Å². The zero-order valence-corrected chi connectivity index (χ0v) is 14.6. The molecule has 1 amide bonds. The average Bonchev–Trinajstić information content (AvgIpc) is 2.92. The summed E-state index contributed by atoms with van der Waals surface area (Å²) in [6.45, 7) is 10.3. The number of fused-ring (bicyclic) bond motifs is 2. The average molecular weight is 321 g/mol. The molecular formula is C16H23N3O2S. The van der Waals surface area contributed by atoms with Gasteiger partial charge in [0, 0.05) is 16.7 Å². The molecule has 1 aromatic rings. The van der Waals surface area contributed by atoms with Crippen LogP contribution in [0.1, 0.15) is 50.6 Å². The topological polar surface area (TPSA) is 74.6 Å². The van der Waals surface area contributed by atoms with Gasteiger partial charge >= 0.3 is 0 Å². The van der Waals surface area contributed by atoms with E-state index in [4.69, 9.17) is 0 Å². The molecule has 0 aromatic carbocycles. The highest BCUT2D eigenvalue weighted by Crippen LogP contribution is 2.71. The molecule has 22 heavy (non-hydrogen) atoms. The first kappa shape index (κ1) is 15.5. The molecule has 2 fully saturated rings. The van der Waals surface area contributed by atoms with Crippen LogP contribution in [0.5, 0.6) is 0 Å². The number of aryl methyl sites for hydroxylation is 2. The number of carbonyl (C=O) groups excluding carboxylic acids is 1. The van der Waals surface area contributed by atoms with Gasteiger partial charge in [-0.1, -0.05) is 25.9 Å². The molecule has 5 nitrogen and oxygen atoms in total. The number of rotatable bonds is 2. The number of hydrogen-bond donors (Lipinski definition) is 2. The van der Waals surface area contributed by atoms with E-state index in [9.17, 15) is 10.0 Å². The number of thiazole rings is 1. The summed E-state index contributed by atoms with van der Waals surface area (Å²) in [4.78, 5) is 18.6. The van der Waals surface area contributed by atoms with Crippen LogP contribution >= 0.6 is 11.3 Å². The van der Waals surface area contributed by atoms with Gasteiger partial charge in [-0.15, -0.1) is 11.3 Å². The van der Waals surface area contributed by atoms with Crippen LogP contribution in [0, 0.1) is 30.1 Å². The van der Waals surface area contributed by atoms with Crippen LogP contribution in [0.3, 0.4) is 0 Å². The Hall–Kier alpha value is -1.43. The van der Waals surface area contributed by atoms with Gasteiger partial charge in [-0.2, -0.15) is 0 Å². The molecule has 3 rings (SSSR count). The molecule has 2 aliphatic carbocycles. The standard InChI is InChI=1S/C16H23N3O2S/c1-9-10(2)22-13(17-9)18-12(20)16-7-6-15(5,14(16,3)4)11(8-16)19-21/h21H,6-8H2,1-5H3,(H,17,18,20)/b19-11+. The molecule has 120 valence electrons. The highest BCUT2D eigenvalue weighted by atomic mass is 32.1. The lowest BCUT2D eigenvalue weighted by Gasteiger charge is -2.39. The van der Waals surface area contributed by atoms with E-state index in [1.165, 1.54) is 11.3 Å². The molecule has 2 aliphatic rings. The van der Waals surface area contributed by atoms with E-state index in [1.54, 1.807) is 0 Å². The molecule has 0 radical (unpaired) electrons. The Kier molecular flexibility index (Phi) is 3.19. The smallest absolute Gasteiger partial charge is 0.233 e. The number of oxime groups is 1. The monoisotopic (exact) mass is 321 g/mol. The molecule has 1 heterocycles. The summed E-state index contributed by atoms with van der Waals surface area (Å²) >= 11 is 1.51. The Labute approximate surface area is 134 Å². The fourth-order valence-corrected chi connectivity index (χ4v) is 5.09. The summed E-state index contributed by atoms with van der Waals surface area (Å²) < 4.78 is 0. The molecule has 2 N–H and O–H groups in total. The van der Waals surface area contributed by atoms with Crippen molar-refractivity contribution in [2.75, 3.05) is 5.32 Å². The third-order valence-electron chi connectivity index (χ3n) is 6.54. The predicted molar refractivity (Wildman–Crippen MR) is 87.6 cm³/mol. The maximum atomic E-state index is 13.1. The van der Waals surface area contributed by atoms with E-state index >= 15 is 0 Å². The highest BCUT2D eigenvalue weighted by molar-refractivity contribution is 7.15. The van der Waals surface area contributed by atoms with E-state index in [0.29, 0.717) is 11.6 Å². The fraction of sp³-hybridized carbons (Fsp3) is 0.688. The first-order valence-corrected chi connectivity index (χ1v) is 8.46. The molecular weight excluding hydrogens is 298 g/mol. The molecule has 1 aromatic heterocycles. The Bertz CT molecular complexity index is 659. The second-order valence-electron chi connectivity index (χ2n) is 7.38. The number of aromatic nitrogens is 1. The lowest BCUT2D eigenvalue weighted by molar-refractivity contribution is -0.130. The predicted octanol–water partition coefficient (Wildman–Crippen LogP) is 3.75. The lowest BCUT2D eigenvalue weighted by Crippen LogP contribution is -2.43. The number of nitrogens with zero attached hydrogens (tertiary/aromatic N) is 2. The second-order valence-corrected chi connectivity index (χ2v) is 8.58. The maximum Gasteiger partial charge on any atom is 0.233 e. The number of amides is 1. The van der Waals surface area contributed by atoms with Crippen LogP contribution < -0.4 is 5.32 Å². The Morgan fingerprint density at radius 2 is 2.00 bits per heavy atom. The van der Waals surface area contributed by atoms with Crippen molar-refractivity contribution in [2.45, 2.75) is 53.9 Å². The first-order valence-electron chi connectivity index (χ1n) is 7.65. The number of nitrogens with one attached hydrogen (secondary N) is 1. The summed E-state index contributed by atoms with van der Waals surface area (Å²) in [6.07, 6.45) is 2.23. The van der Waals surface area contributed by atoms with Crippen LogP contribution in [-0.2, 0) is 4.79 Å². The van der Waals surface area contributed by atoms with Crippen molar-refractivity contribution < 1.29 is 10.0 Å². The van der Waals surface area contributed by atoms with Gasteiger partial charge in [0.2, 0.25) is 5.91 Å². The molecule has 2 unspecified atom stereocenters. The molecule has 0 saturated heterocycles. The summed E-state index contributed by atoms with van der Waals surface area (Å²) in [7, 11) is 0. The molecule has 2 atom stereocenters. The summed E-state index contributed by atoms with van der Waals surface area (Å²) in [6, 6.07) is 0. The second kappa shape index (κ2) is 4.54. The lowest BCUT2D eigenvalue weighted by atomic mass is 9.64. The highest BCUT2D eigenvalue weighted by Gasteiger charge is 2.71. The quantitative estimate of drug-likeness (QED) is 0.643. The zero-order valence-electron chi connectivity index (χ0n) is 13.8. The van der Waals surface area contributed by atoms with Gasteiger partial charge in [0.1, 0.15) is 0 Å². The third kappa shape index (κ3) is 1.67. The van der Waals surface area contributed by atoms with Crippen molar-refractivity contribution in [2.24, 2.45) is 21.4 Å². The SMILES string of the molecule is Cc1nc(NC(=O)C23CCC(C)(/C(=N/O)C2)C3(C)C)sc1C. The minimum Gasteiger partial charge on any atom is -0.411 e. The Morgan fingerprint density at radius 3 is 2.50 bits per heavy atom. The Morgan fingerprint density at radius 1 is 1.32 bits per heavy atom. The van der Waals surface area contributed by atoms with Crippen LogP contribution in [0.25, 0.3) is 0 Å². The fourth-order valence-electron chi connectivity index (χ4n) is 4.28. The van der Waals surface area contributed by atoms with E-state index < -0.39 is 5.41 Å². The van der Waals surface area contributed by atoms with Crippen molar-refractivity contribution in [3.8, 4) is 0 Å². The maximum absolute atomic E-state index is 13.1. The minimum atomic E-state index is -0.517. The Balaban J connectivity index is 1.95. The minimum absolute atomic E-state index is 0.00799. The van der Waals surface area contributed by atoms with Crippen molar-refractivity contribution >= 4 is 28.1 Å². The summed E-state index contributed by atoms with van der Waals surface area (Å²) in [5.41, 5.74) is 0.736. The molecule has 6 heteroatoms. The zero-order chi connectivity index (χ0) is 16.3. The summed E-state index contributed by atoms with van der Waals surface area (Å²) in [5.74, 6) is 0.00799. The van der Waals surface area contributed by atoms with E-state index in [1.807, 2.05) is 13.8 Å². The summed E-state index contributed by atoms with van der Waals surface area (Å²) in [5, 5.41) is 16.5. The van der Waals surface area contributed by atoms with E-state index in [0.717, 1.165) is 29.1 Å². The first-order chi connectivity index (χ1) is 10.2. The van der Waals surface area contributed by atoms with Gasteiger partial charge in [0.05, 0.1) is 16.8 Å². The van der Waals surface area contributed by atoms with Gasteiger partial charge in [-0.3, -0.25) is 4.79 Å². The number of carbonyl (C=O) groups is 1. The van der Waals surface area contributed by atoms with Crippen LogP contribution in [0.4, 0.5) is 5.13 Å². The third-order valence-corrected chi connectivity index (χ3v) is 7.53. The largest absolute Gasteiger partial charge is 0.411 e. The van der Waals surface area contributed by atoms with Crippen molar-refractivity contribution in [1.29, 1.82) is 0 Å².